The smallest absolute Gasteiger partial charge is 0.0420 e. The van der Waals surface area contributed by atoms with Gasteiger partial charge in [-0.15, -0.1) is 11.3 Å². The van der Waals surface area contributed by atoms with Crippen LogP contribution in [0.4, 0.5) is 0 Å². The molecule has 1 fully saturated rings. The number of nitrogens with two attached hydrogens (primary N) is 1. The highest BCUT2D eigenvalue weighted by Crippen LogP contribution is 2.39. The summed E-state index contributed by atoms with van der Waals surface area (Å²) >= 11 is 1.83. The average Bonchev–Trinajstić information content (AvgIpc) is 2.64. The van der Waals surface area contributed by atoms with Gasteiger partial charge in [-0.3, -0.25) is 0 Å². The van der Waals surface area contributed by atoms with Crippen LogP contribution in [0.1, 0.15) is 62.3 Å². The third kappa shape index (κ3) is 2.92. The second kappa shape index (κ2) is 5.53. The van der Waals surface area contributed by atoms with Gasteiger partial charge in [0, 0.05) is 10.4 Å². The summed E-state index contributed by atoms with van der Waals surface area (Å²) in [5.41, 5.74) is 8.07. The summed E-state index contributed by atoms with van der Waals surface area (Å²) in [5, 5.41) is 2.19. The monoisotopic (exact) mass is 251 g/mol. The van der Waals surface area contributed by atoms with Crippen LogP contribution >= 0.6 is 11.3 Å². The third-order valence-electron chi connectivity index (χ3n) is 4.33. The molecule has 17 heavy (non-hydrogen) atoms. The molecule has 0 saturated heterocycles. The minimum Gasteiger partial charge on any atom is -0.321 e. The highest BCUT2D eigenvalue weighted by molar-refractivity contribution is 7.10. The molecular formula is C15H25NS. The summed E-state index contributed by atoms with van der Waals surface area (Å²) < 4.78 is 0. The second-order valence-electron chi connectivity index (χ2n) is 5.63. The van der Waals surface area contributed by atoms with Crippen LogP contribution in [0.5, 0.6) is 0 Å². The van der Waals surface area contributed by atoms with Crippen molar-refractivity contribution in [2.75, 3.05) is 0 Å². The molecule has 0 radical (unpaired) electrons. The van der Waals surface area contributed by atoms with E-state index in [1.165, 1.54) is 55.4 Å². The minimum atomic E-state index is -0.0351. The Kier molecular flexibility index (Phi) is 4.26. The average molecular weight is 251 g/mol. The molecule has 0 aromatic carbocycles. The molecule has 1 nitrogen and oxygen atoms in total. The Morgan fingerprint density at radius 3 is 2.88 bits per heavy atom. The van der Waals surface area contributed by atoms with Crippen LogP contribution in [0, 0.1) is 12.8 Å². The molecule has 96 valence electrons. The van der Waals surface area contributed by atoms with Gasteiger partial charge in [-0.1, -0.05) is 32.6 Å². The lowest BCUT2D eigenvalue weighted by atomic mass is 9.84. The quantitative estimate of drug-likeness (QED) is 0.781. The first-order valence-electron chi connectivity index (χ1n) is 6.99. The molecule has 1 aliphatic rings. The Morgan fingerprint density at radius 2 is 2.24 bits per heavy atom. The number of hydrogen-bond acceptors (Lipinski definition) is 2. The summed E-state index contributed by atoms with van der Waals surface area (Å²) in [5.74, 6) is 0.921. The molecule has 1 aromatic rings. The molecule has 1 aromatic heterocycles. The molecule has 2 rings (SSSR count). The fourth-order valence-corrected chi connectivity index (χ4v) is 4.11. The van der Waals surface area contributed by atoms with E-state index in [1.807, 2.05) is 11.3 Å². The van der Waals surface area contributed by atoms with Crippen LogP contribution in [-0.2, 0) is 5.54 Å². The fraction of sp³-hybridized carbons (Fsp3) is 0.733. The molecule has 0 aliphatic heterocycles. The normalized spacial score (nSPS) is 30.2. The molecule has 1 aliphatic carbocycles. The van der Waals surface area contributed by atoms with Gasteiger partial charge in [-0.25, -0.2) is 0 Å². The first kappa shape index (κ1) is 13.1. The van der Waals surface area contributed by atoms with Crippen molar-refractivity contribution in [3.8, 4) is 0 Å². The van der Waals surface area contributed by atoms with Gasteiger partial charge in [0.2, 0.25) is 0 Å². The summed E-state index contributed by atoms with van der Waals surface area (Å²) in [6, 6.07) is 2.25. The van der Waals surface area contributed by atoms with Crippen LogP contribution in [0.15, 0.2) is 11.4 Å². The van der Waals surface area contributed by atoms with Crippen molar-refractivity contribution in [2.24, 2.45) is 11.7 Å². The number of thiophene rings is 1. The van der Waals surface area contributed by atoms with E-state index in [0.29, 0.717) is 0 Å². The molecule has 2 unspecified atom stereocenters. The third-order valence-corrected chi connectivity index (χ3v) is 5.17. The van der Waals surface area contributed by atoms with E-state index in [4.69, 9.17) is 5.73 Å². The summed E-state index contributed by atoms with van der Waals surface area (Å²) in [7, 11) is 0. The van der Waals surface area contributed by atoms with Gasteiger partial charge in [-0.05, 0) is 49.1 Å². The van der Waals surface area contributed by atoms with Crippen LogP contribution in [-0.4, -0.2) is 0 Å². The van der Waals surface area contributed by atoms with Crippen molar-refractivity contribution in [3.05, 3.63) is 21.9 Å². The fourth-order valence-electron chi connectivity index (χ4n) is 3.30. The van der Waals surface area contributed by atoms with Crippen molar-refractivity contribution in [2.45, 2.75) is 64.3 Å². The largest absolute Gasteiger partial charge is 0.321 e. The number of rotatable bonds is 3. The van der Waals surface area contributed by atoms with Crippen molar-refractivity contribution in [3.63, 3.8) is 0 Å². The Balaban J connectivity index is 2.09. The van der Waals surface area contributed by atoms with Gasteiger partial charge in [0.15, 0.2) is 0 Å². The Morgan fingerprint density at radius 1 is 1.41 bits per heavy atom. The molecule has 2 N–H and O–H groups in total. The van der Waals surface area contributed by atoms with E-state index in [1.54, 1.807) is 0 Å². The summed E-state index contributed by atoms with van der Waals surface area (Å²) in [6.07, 6.45) is 9.06. The molecular weight excluding hydrogens is 226 g/mol. The Hall–Kier alpha value is -0.340. The lowest BCUT2D eigenvalue weighted by Crippen LogP contribution is -2.36. The van der Waals surface area contributed by atoms with Crippen molar-refractivity contribution in [1.29, 1.82) is 0 Å². The van der Waals surface area contributed by atoms with Crippen molar-refractivity contribution >= 4 is 11.3 Å². The van der Waals surface area contributed by atoms with Gasteiger partial charge in [0.05, 0.1) is 0 Å². The SMILES string of the molecule is CCCC1CCCC(N)(c2ccsc2C)CC1. The minimum absolute atomic E-state index is 0.0351. The molecule has 2 atom stereocenters. The Bertz CT molecular complexity index is 358. The number of aryl methyl sites for hydroxylation is 1. The summed E-state index contributed by atoms with van der Waals surface area (Å²) in [6.45, 7) is 4.51. The van der Waals surface area contributed by atoms with Crippen molar-refractivity contribution < 1.29 is 0 Å². The van der Waals surface area contributed by atoms with E-state index < -0.39 is 0 Å². The molecule has 0 amide bonds. The molecule has 1 saturated carbocycles. The van der Waals surface area contributed by atoms with E-state index in [9.17, 15) is 0 Å². The molecule has 2 heteroatoms. The highest BCUT2D eigenvalue weighted by atomic mass is 32.1. The van der Waals surface area contributed by atoms with Crippen molar-refractivity contribution in [1.82, 2.24) is 0 Å². The van der Waals surface area contributed by atoms with Gasteiger partial charge >= 0.3 is 0 Å². The van der Waals surface area contributed by atoms with Gasteiger partial charge in [0.1, 0.15) is 0 Å². The zero-order chi connectivity index (χ0) is 12.3. The van der Waals surface area contributed by atoms with E-state index >= 15 is 0 Å². The standard InChI is InChI=1S/C15H25NS/c1-3-5-13-6-4-9-15(16,10-7-13)14-8-11-17-12(14)2/h8,11,13H,3-7,9-10,16H2,1-2H3. The van der Waals surface area contributed by atoms with Gasteiger partial charge in [-0.2, -0.15) is 0 Å². The maximum absolute atomic E-state index is 6.69. The maximum atomic E-state index is 6.69. The predicted molar refractivity (Wildman–Crippen MR) is 76.4 cm³/mol. The van der Waals surface area contributed by atoms with E-state index in [0.717, 1.165) is 5.92 Å². The van der Waals surface area contributed by atoms with Crippen LogP contribution in [0.25, 0.3) is 0 Å². The predicted octanol–water partition coefficient (Wildman–Crippen LogP) is 4.59. The number of hydrogen-bond donors (Lipinski definition) is 1. The molecule has 1 heterocycles. The van der Waals surface area contributed by atoms with Crippen LogP contribution < -0.4 is 5.73 Å². The first-order chi connectivity index (χ1) is 8.15. The topological polar surface area (TPSA) is 26.0 Å². The summed E-state index contributed by atoms with van der Waals surface area (Å²) in [4.78, 5) is 1.42. The second-order valence-corrected chi connectivity index (χ2v) is 6.75. The Labute approximate surface area is 109 Å². The zero-order valence-electron chi connectivity index (χ0n) is 11.2. The lowest BCUT2D eigenvalue weighted by Gasteiger charge is -2.28. The molecule has 0 bridgehead atoms. The zero-order valence-corrected chi connectivity index (χ0v) is 12.0. The van der Waals surface area contributed by atoms with Gasteiger partial charge < -0.3 is 5.73 Å². The van der Waals surface area contributed by atoms with E-state index in [-0.39, 0.29) is 5.54 Å². The van der Waals surface area contributed by atoms with Crippen LogP contribution in [0.2, 0.25) is 0 Å². The first-order valence-corrected chi connectivity index (χ1v) is 7.87. The molecule has 0 spiro atoms. The lowest BCUT2D eigenvalue weighted by molar-refractivity contribution is 0.367. The van der Waals surface area contributed by atoms with Crippen LogP contribution in [0.3, 0.4) is 0 Å². The maximum Gasteiger partial charge on any atom is 0.0420 e. The van der Waals surface area contributed by atoms with E-state index in [2.05, 4.69) is 25.3 Å². The van der Waals surface area contributed by atoms with Gasteiger partial charge in [0.25, 0.3) is 0 Å². The highest BCUT2D eigenvalue weighted by Gasteiger charge is 2.32.